The molecule has 0 amide bonds. The highest BCUT2D eigenvalue weighted by atomic mass is 16.3. The zero-order valence-electron chi connectivity index (χ0n) is 9.49. The van der Waals surface area contributed by atoms with Gasteiger partial charge in [-0.25, -0.2) is 0 Å². The lowest BCUT2D eigenvalue weighted by atomic mass is 9.59. The molecule has 5 unspecified atom stereocenters. The van der Waals surface area contributed by atoms with Crippen LogP contribution in [0.2, 0.25) is 0 Å². The molecule has 4 fully saturated rings. The third kappa shape index (κ3) is 1.39. The van der Waals surface area contributed by atoms with Gasteiger partial charge in [0.25, 0.3) is 0 Å². The van der Waals surface area contributed by atoms with Gasteiger partial charge >= 0.3 is 0 Å². The molecule has 15 heavy (non-hydrogen) atoms. The molecular weight excluding hydrogens is 184 g/mol. The molecule has 5 atom stereocenters. The third-order valence-electron chi connectivity index (χ3n) is 5.33. The van der Waals surface area contributed by atoms with Gasteiger partial charge in [-0.2, -0.15) is 0 Å². The first-order valence-electron chi connectivity index (χ1n) is 6.55. The molecule has 4 aliphatic rings. The summed E-state index contributed by atoms with van der Waals surface area (Å²) in [5.41, 5.74) is -0.382. The Morgan fingerprint density at radius 2 is 1.80 bits per heavy atom. The number of aliphatic hydroxyl groups is 1. The minimum atomic E-state index is -0.382. The highest BCUT2D eigenvalue weighted by Crippen LogP contribution is 2.56. The van der Waals surface area contributed by atoms with Crippen molar-refractivity contribution in [1.82, 2.24) is 0 Å². The summed E-state index contributed by atoms with van der Waals surface area (Å²) in [4.78, 5) is 0. The molecular formula is C14H22O. The first-order chi connectivity index (χ1) is 7.22. The van der Waals surface area contributed by atoms with E-state index in [0.29, 0.717) is 11.8 Å². The molecule has 1 N–H and O–H groups in total. The van der Waals surface area contributed by atoms with E-state index in [2.05, 4.69) is 6.58 Å². The van der Waals surface area contributed by atoms with Crippen molar-refractivity contribution < 1.29 is 5.11 Å². The van der Waals surface area contributed by atoms with Crippen LogP contribution in [0.25, 0.3) is 0 Å². The smallest absolute Gasteiger partial charge is 0.0738 e. The maximum absolute atomic E-state index is 10.9. The van der Waals surface area contributed by atoms with Crippen LogP contribution in [0.4, 0.5) is 0 Å². The van der Waals surface area contributed by atoms with Gasteiger partial charge in [0.1, 0.15) is 0 Å². The topological polar surface area (TPSA) is 20.2 Å². The second-order valence-electron chi connectivity index (χ2n) is 6.13. The molecule has 0 aromatic carbocycles. The largest absolute Gasteiger partial charge is 0.389 e. The molecule has 0 aromatic rings. The second-order valence-corrected chi connectivity index (χ2v) is 6.13. The average molecular weight is 206 g/mol. The van der Waals surface area contributed by atoms with Crippen LogP contribution in [0.15, 0.2) is 12.7 Å². The normalized spacial score (nSPS) is 52.9. The maximum atomic E-state index is 10.9. The van der Waals surface area contributed by atoms with Crippen LogP contribution in [0, 0.1) is 23.7 Å². The minimum Gasteiger partial charge on any atom is -0.389 e. The summed E-state index contributed by atoms with van der Waals surface area (Å²) in [6.45, 7) is 3.83. The van der Waals surface area contributed by atoms with E-state index in [1.54, 1.807) is 0 Å². The van der Waals surface area contributed by atoms with Crippen LogP contribution >= 0.6 is 0 Å². The molecule has 4 saturated carbocycles. The van der Waals surface area contributed by atoms with E-state index in [1.807, 2.05) is 6.08 Å². The summed E-state index contributed by atoms with van der Waals surface area (Å²) in [6, 6.07) is 0. The zero-order chi connectivity index (χ0) is 10.5. The van der Waals surface area contributed by atoms with Gasteiger partial charge in [-0.3, -0.25) is 0 Å². The van der Waals surface area contributed by atoms with Crippen molar-refractivity contribution in [2.24, 2.45) is 23.7 Å². The average Bonchev–Trinajstić information content (AvgIpc) is 2.40. The van der Waals surface area contributed by atoms with Gasteiger partial charge in [0, 0.05) is 0 Å². The van der Waals surface area contributed by atoms with Crippen molar-refractivity contribution in [1.29, 1.82) is 0 Å². The van der Waals surface area contributed by atoms with Crippen molar-refractivity contribution in [2.75, 3.05) is 0 Å². The fourth-order valence-corrected chi connectivity index (χ4v) is 4.71. The molecule has 4 aliphatic carbocycles. The van der Waals surface area contributed by atoms with Gasteiger partial charge in [0.05, 0.1) is 5.60 Å². The van der Waals surface area contributed by atoms with E-state index < -0.39 is 0 Å². The van der Waals surface area contributed by atoms with Gasteiger partial charge < -0.3 is 5.11 Å². The lowest BCUT2D eigenvalue weighted by molar-refractivity contribution is -0.116. The summed E-state index contributed by atoms with van der Waals surface area (Å²) < 4.78 is 0. The van der Waals surface area contributed by atoms with Crippen LogP contribution < -0.4 is 0 Å². The van der Waals surface area contributed by atoms with Crippen molar-refractivity contribution >= 4 is 0 Å². The third-order valence-corrected chi connectivity index (χ3v) is 5.33. The van der Waals surface area contributed by atoms with E-state index in [9.17, 15) is 5.11 Å². The summed E-state index contributed by atoms with van der Waals surface area (Å²) in [6.07, 6.45) is 10.7. The van der Waals surface area contributed by atoms with Crippen LogP contribution in [-0.2, 0) is 0 Å². The maximum Gasteiger partial charge on any atom is 0.0738 e. The van der Waals surface area contributed by atoms with Gasteiger partial charge in [0.15, 0.2) is 0 Å². The molecule has 0 saturated heterocycles. The molecule has 0 aliphatic heterocycles. The standard InChI is InChI=1S/C14H22O/c1-2-5-14(15)12-4-3-10-6-11(8-12)9-13(14)7-10/h2,10-13,15H,1,3-9H2. The lowest BCUT2D eigenvalue weighted by Gasteiger charge is -2.50. The summed E-state index contributed by atoms with van der Waals surface area (Å²) in [5.74, 6) is 3.02. The lowest BCUT2D eigenvalue weighted by Crippen LogP contribution is -2.50. The zero-order valence-corrected chi connectivity index (χ0v) is 9.49. The van der Waals surface area contributed by atoms with Gasteiger partial charge in [-0.05, 0) is 62.2 Å². The Bertz CT molecular complexity index is 263. The Balaban J connectivity index is 1.93. The predicted molar refractivity (Wildman–Crippen MR) is 61.4 cm³/mol. The first kappa shape index (κ1) is 9.89. The number of fused-ring (bicyclic) bond motifs is 1. The predicted octanol–water partition coefficient (Wildman–Crippen LogP) is 3.14. The first-order valence-corrected chi connectivity index (χ1v) is 6.55. The number of hydrogen-bond acceptors (Lipinski definition) is 1. The number of hydrogen-bond donors (Lipinski definition) is 1. The van der Waals surface area contributed by atoms with Crippen LogP contribution in [0.5, 0.6) is 0 Å². The Kier molecular flexibility index (Phi) is 2.21. The number of rotatable bonds is 2. The molecule has 4 bridgehead atoms. The Morgan fingerprint density at radius 3 is 2.60 bits per heavy atom. The summed E-state index contributed by atoms with van der Waals surface area (Å²) in [5, 5.41) is 10.9. The van der Waals surface area contributed by atoms with Gasteiger partial charge in [-0.1, -0.05) is 12.5 Å². The van der Waals surface area contributed by atoms with Crippen molar-refractivity contribution in [2.45, 2.75) is 50.5 Å². The fraction of sp³-hybridized carbons (Fsp3) is 0.857. The quantitative estimate of drug-likeness (QED) is 0.688. The van der Waals surface area contributed by atoms with E-state index >= 15 is 0 Å². The van der Waals surface area contributed by atoms with E-state index in [0.717, 1.165) is 18.3 Å². The van der Waals surface area contributed by atoms with Crippen LogP contribution in [0.1, 0.15) is 44.9 Å². The Hall–Kier alpha value is -0.300. The van der Waals surface area contributed by atoms with Gasteiger partial charge in [0.2, 0.25) is 0 Å². The monoisotopic (exact) mass is 206 g/mol. The van der Waals surface area contributed by atoms with E-state index in [4.69, 9.17) is 0 Å². The second kappa shape index (κ2) is 3.35. The SMILES string of the molecule is C=CCC1(O)C2CCC3CC(C2)CC1C3. The molecule has 4 rings (SSSR count). The molecule has 0 heterocycles. The summed E-state index contributed by atoms with van der Waals surface area (Å²) >= 11 is 0. The highest BCUT2D eigenvalue weighted by molar-refractivity contribution is 5.06. The van der Waals surface area contributed by atoms with Crippen molar-refractivity contribution in [3.63, 3.8) is 0 Å². The summed E-state index contributed by atoms with van der Waals surface area (Å²) in [7, 11) is 0. The van der Waals surface area contributed by atoms with Crippen LogP contribution in [0.3, 0.4) is 0 Å². The minimum absolute atomic E-state index is 0.382. The van der Waals surface area contributed by atoms with E-state index in [1.165, 1.54) is 38.5 Å². The van der Waals surface area contributed by atoms with Crippen molar-refractivity contribution in [3.8, 4) is 0 Å². The van der Waals surface area contributed by atoms with Gasteiger partial charge in [-0.15, -0.1) is 6.58 Å². The van der Waals surface area contributed by atoms with E-state index in [-0.39, 0.29) is 5.60 Å². The van der Waals surface area contributed by atoms with Crippen molar-refractivity contribution in [3.05, 3.63) is 12.7 Å². The molecule has 0 aromatic heterocycles. The molecule has 1 nitrogen and oxygen atoms in total. The Morgan fingerprint density at radius 1 is 1.07 bits per heavy atom. The Labute approximate surface area is 92.6 Å². The van der Waals surface area contributed by atoms with Crippen LogP contribution in [-0.4, -0.2) is 10.7 Å². The molecule has 1 heteroatoms. The highest BCUT2D eigenvalue weighted by Gasteiger charge is 2.52. The molecule has 0 spiro atoms. The molecule has 0 radical (unpaired) electrons. The fourth-order valence-electron chi connectivity index (χ4n) is 4.71. The molecule has 84 valence electrons.